The van der Waals surface area contributed by atoms with Gasteiger partial charge in [0.05, 0.1) is 6.42 Å². The number of aliphatic carboxylic acids is 1. The Labute approximate surface area is 137 Å². The smallest absolute Gasteiger partial charge is 0.307 e. The summed E-state index contributed by atoms with van der Waals surface area (Å²) < 4.78 is 28.6. The first-order valence-electron chi connectivity index (χ1n) is 6.76. The number of hydrogen-bond donors (Lipinski definition) is 2. The molecule has 0 bridgehead atoms. The number of nitrogens with one attached hydrogen (secondary N) is 1. The molecule has 2 aromatic carbocycles. The van der Waals surface area contributed by atoms with Crippen LogP contribution in [0.3, 0.4) is 0 Å². The summed E-state index contributed by atoms with van der Waals surface area (Å²) in [5.41, 5.74) is 0.884. The van der Waals surface area contributed by atoms with Gasteiger partial charge in [0.15, 0.2) is 0 Å². The molecular formula is C16H13NO4S2. The van der Waals surface area contributed by atoms with Crippen molar-refractivity contribution >= 4 is 43.1 Å². The van der Waals surface area contributed by atoms with Crippen LogP contribution in [0.2, 0.25) is 0 Å². The SMILES string of the molecule is O=C(O)Cc1cccc(NS(=O)(=O)c2cc3ccccc3s2)c1. The highest BCUT2D eigenvalue weighted by Gasteiger charge is 2.17. The average molecular weight is 347 g/mol. The van der Waals surface area contributed by atoms with E-state index in [2.05, 4.69) is 4.72 Å². The molecule has 0 unspecified atom stereocenters. The number of sulfonamides is 1. The first-order chi connectivity index (χ1) is 10.9. The molecule has 0 saturated heterocycles. The van der Waals surface area contributed by atoms with Gasteiger partial charge < -0.3 is 5.11 Å². The van der Waals surface area contributed by atoms with E-state index >= 15 is 0 Å². The van der Waals surface area contributed by atoms with Gasteiger partial charge in [-0.2, -0.15) is 0 Å². The third-order valence-electron chi connectivity index (χ3n) is 3.20. The molecule has 0 saturated carbocycles. The summed E-state index contributed by atoms with van der Waals surface area (Å²) >= 11 is 1.19. The Morgan fingerprint density at radius 2 is 1.87 bits per heavy atom. The number of hydrogen-bond acceptors (Lipinski definition) is 4. The van der Waals surface area contributed by atoms with Gasteiger partial charge in [-0.15, -0.1) is 11.3 Å². The zero-order valence-corrected chi connectivity index (χ0v) is 13.5. The molecule has 3 rings (SSSR count). The number of thiophene rings is 1. The molecule has 5 nitrogen and oxygen atoms in total. The van der Waals surface area contributed by atoms with Crippen LogP contribution in [0, 0.1) is 0 Å². The highest BCUT2D eigenvalue weighted by atomic mass is 32.2. The van der Waals surface area contributed by atoms with Gasteiger partial charge in [0.25, 0.3) is 10.0 Å². The van der Waals surface area contributed by atoms with Crippen molar-refractivity contribution in [3.63, 3.8) is 0 Å². The van der Waals surface area contributed by atoms with Gasteiger partial charge in [-0.1, -0.05) is 30.3 Å². The number of carboxylic acids is 1. The van der Waals surface area contributed by atoms with Crippen molar-refractivity contribution in [3.05, 3.63) is 60.2 Å². The predicted molar refractivity (Wildman–Crippen MR) is 90.4 cm³/mol. The van der Waals surface area contributed by atoms with Gasteiger partial charge in [0, 0.05) is 10.4 Å². The van der Waals surface area contributed by atoms with E-state index in [9.17, 15) is 13.2 Å². The highest BCUT2D eigenvalue weighted by Crippen LogP contribution is 2.30. The van der Waals surface area contributed by atoms with Crippen molar-refractivity contribution in [2.45, 2.75) is 10.6 Å². The molecule has 0 spiro atoms. The van der Waals surface area contributed by atoms with Crippen LogP contribution in [-0.4, -0.2) is 19.5 Å². The minimum atomic E-state index is -3.70. The summed E-state index contributed by atoms with van der Waals surface area (Å²) in [6, 6.07) is 15.5. The summed E-state index contributed by atoms with van der Waals surface area (Å²) in [5, 5.41) is 9.68. The lowest BCUT2D eigenvalue weighted by molar-refractivity contribution is -0.136. The average Bonchev–Trinajstić information content (AvgIpc) is 2.91. The molecule has 0 aliphatic heterocycles. The Bertz CT molecular complexity index is 943. The second kappa shape index (κ2) is 6.02. The van der Waals surface area contributed by atoms with E-state index in [0.29, 0.717) is 11.3 Å². The fraction of sp³-hybridized carbons (Fsp3) is 0.0625. The van der Waals surface area contributed by atoms with Gasteiger partial charge >= 0.3 is 5.97 Å². The lowest BCUT2D eigenvalue weighted by atomic mass is 10.1. The Morgan fingerprint density at radius 3 is 2.61 bits per heavy atom. The zero-order chi connectivity index (χ0) is 16.4. The lowest BCUT2D eigenvalue weighted by Crippen LogP contribution is -2.11. The van der Waals surface area contributed by atoms with Crippen LogP contribution in [0.25, 0.3) is 10.1 Å². The van der Waals surface area contributed by atoms with Crippen molar-refractivity contribution in [2.24, 2.45) is 0 Å². The fourth-order valence-electron chi connectivity index (χ4n) is 2.21. The summed E-state index contributed by atoms with van der Waals surface area (Å²) in [4.78, 5) is 10.7. The Morgan fingerprint density at radius 1 is 1.09 bits per heavy atom. The molecule has 7 heteroatoms. The first kappa shape index (κ1) is 15.5. The van der Waals surface area contributed by atoms with E-state index in [1.807, 2.05) is 24.3 Å². The largest absolute Gasteiger partial charge is 0.481 e. The van der Waals surface area contributed by atoms with Gasteiger partial charge in [-0.05, 0) is 35.2 Å². The number of fused-ring (bicyclic) bond motifs is 1. The van der Waals surface area contributed by atoms with Crippen molar-refractivity contribution in [1.82, 2.24) is 0 Å². The second-order valence-corrected chi connectivity index (χ2v) is 7.97. The van der Waals surface area contributed by atoms with Crippen molar-refractivity contribution in [2.75, 3.05) is 4.72 Å². The van der Waals surface area contributed by atoms with Crippen LogP contribution < -0.4 is 4.72 Å². The van der Waals surface area contributed by atoms with E-state index in [1.54, 1.807) is 24.3 Å². The van der Waals surface area contributed by atoms with Crippen LogP contribution in [0.15, 0.2) is 58.8 Å². The zero-order valence-electron chi connectivity index (χ0n) is 11.9. The van der Waals surface area contributed by atoms with E-state index < -0.39 is 16.0 Å². The molecule has 1 heterocycles. The van der Waals surface area contributed by atoms with Gasteiger partial charge in [0.1, 0.15) is 4.21 Å². The van der Waals surface area contributed by atoms with Crippen LogP contribution in [0.4, 0.5) is 5.69 Å². The number of anilines is 1. The normalized spacial score (nSPS) is 11.5. The number of rotatable bonds is 5. The van der Waals surface area contributed by atoms with Crippen molar-refractivity contribution in [3.8, 4) is 0 Å². The molecule has 0 aliphatic rings. The molecule has 0 aliphatic carbocycles. The van der Waals surface area contributed by atoms with E-state index in [0.717, 1.165) is 10.1 Å². The van der Waals surface area contributed by atoms with Crippen molar-refractivity contribution in [1.29, 1.82) is 0 Å². The second-order valence-electron chi connectivity index (χ2n) is 4.98. The Kier molecular flexibility index (Phi) is 4.06. The van der Waals surface area contributed by atoms with Crippen LogP contribution in [0.5, 0.6) is 0 Å². The van der Waals surface area contributed by atoms with Crippen molar-refractivity contribution < 1.29 is 18.3 Å². The highest BCUT2D eigenvalue weighted by molar-refractivity contribution is 7.94. The van der Waals surface area contributed by atoms with E-state index in [-0.39, 0.29) is 10.6 Å². The Balaban J connectivity index is 1.90. The maximum absolute atomic E-state index is 12.5. The molecule has 0 atom stereocenters. The standard InChI is InChI=1S/C16H13NO4S2/c18-15(19)9-11-4-3-6-13(8-11)17-23(20,21)16-10-12-5-1-2-7-14(12)22-16/h1-8,10,17H,9H2,(H,18,19). The third-order valence-corrected chi connectivity index (χ3v) is 6.17. The maximum atomic E-state index is 12.5. The van der Waals surface area contributed by atoms with Crippen LogP contribution >= 0.6 is 11.3 Å². The van der Waals surface area contributed by atoms with E-state index in [1.165, 1.54) is 17.4 Å². The van der Waals surface area contributed by atoms with Gasteiger partial charge in [-0.3, -0.25) is 9.52 Å². The predicted octanol–water partition coefficient (Wildman–Crippen LogP) is 3.33. The van der Waals surface area contributed by atoms with Crippen LogP contribution in [-0.2, 0) is 21.2 Å². The third kappa shape index (κ3) is 3.52. The summed E-state index contributed by atoms with van der Waals surface area (Å²) in [7, 11) is -3.70. The maximum Gasteiger partial charge on any atom is 0.307 e. The molecule has 0 fully saturated rings. The molecular weight excluding hydrogens is 334 g/mol. The number of benzene rings is 2. The quantitative estimate of drug-likeness (QED) is 0.741. The molecule has 2 N–H and O–H groups in total. The van der Waals surface area contributed by atoms with Gasteiger partial charge in [0.2, 0.25) is 0 Å². The minimum Gasteiger partial charge on any atom is -0.481 e. The topological polar surface area (TPSA) is 83.5 Å². The molecule has 23 heavy (non-hydrogen) atoms. The minimum absolute atomic E-state index is 0.154. The molecule has 3 aromatic rings. The van der Waals surface area contributed by atoms with Gasteiger partial charge in [-0.25, -0.2) is 8.42 Å². The molecule has 1 aromatic heterocycles. The van der Waals surface area contributed by atoms with Crippen LogP contribution in [0.1, 0.15) is 5.56 Å². The number of carboxylic acid groups (broad SMARTS) is 1. The molecule has 0 amide bonds. The summed E-state index contributed by atoms with van der Waals surface area (Å²) in [6.07, 6.45) is -0.154. The molecule has 0 radical (unpaired) electrons. The summed E-state index contributed by atoms with van der Waals surface area (Å²) in [6.45, 7) is 0. The Hall–Kier alpha value is -2.38. The lowest BCUT2D eigenvalue weighted by Gasteiger charge is -2.07. The first-order valence-corrected chi connectivity index (χ1v) is 9.06. The fourth-order valence-corrected chi connectivity index (χ4v) is 4.66. The molecule has 118 valence electrons. The van der Waals surface area contributed by atoms with E-state index in [4.69, 9.17) is 5.11 Å². The monoisotopic (exact) mass is 347 g/mol. The number of carbonyl (C=O) groups is 1. The summed E-state index contributed by atoms with van der Waals surface area (Å²) in [5.74, 6) is -0.963.